The first kappa shape index (κ1) is 17.4. The third kappa shape index (κ3) is 3.34. The van der Waals surface area contributed by atoms with Gasteiger partial charge >= 0.3 is 6.61 Å². The number of aromatic nitrogens is 3. The highest BCUT2D eigenvalue weighted by Gasteiger charge is 2.28. The zero-order valence-corrected chi connectivity index (χ0v) is 14.9. The molecule has 1 aromatic carbocycles. The number of hydrogen-bond donors (Lipinski definition) is 1. The van der Waals surface area contributed by atoms with Crippen LogP contribution in [-0.4, -0.2) is 27.3 Å². The van der Waals surface area contributed by atoms with E-state index >= 15 is 0 Å². The number of nitrogens with zero attached hydrogens (tertiary/aromatic N) is 3. The SMILES string of the molecule is Cc1nn(C)c2nc(C3CC3)cc(C(=O)Nc3ccccc3OC(F)F)c12. The Morgan fingerprint density at radius 1 is 1.33 bits per heavy atom. The molecule has 3 aromatic rings. The molecular weight excluding hydrogens is 354 g/mol. The van der Waals surface area contributed by atoms with Gasteiger partial charge in [0.05, 0.1) is 22.3 Å². The molecule has 27 heavy (non-hydrogen) atoms. The minimum absolute atomic E-state index is 0.0866. The van der Waals surface area contributed by atoms with E-state index in [9.17, 15) is 13.6 Å². The van der Waals surface area contributed by atoms with Crippen LogP contribution in [0.15, 0.2) is 30.3 Å². The molecule has 1 aliphatic carbocycles. The summed E-state index contributed by atoms with van der Waals surface area (Å²) < 4.78 is 31.4. The number of carbonyl (C=O) groups excluding carboxylic acids is 1. The quantitative estimate of drug-likeness (QED) is 0.735. The molecule has 1 amide bonds. The van der Waals surface area contributed by atoms with Crippen LogP contribution in [0.3, 0.4) is 0 Å². The number of nitrogens with one attached hydrogen (secondary N) is 1. The summed E-state index contributed by atoms with van der Waals surface area (Å²) in [6.45, 7) is -1.16. The third-order valence-corrected chi connectivity index (χ3v) is 4.58. The molecule has 0 aliphatic heterocycles. The Hall–Kier alpha value is -3.03. The summed E-state index contributed by atoms with van der Waals surface area (Å²) in [6, 6.07) is 7.89. The topological polar surface area (TPSA) is 69.0 Å². The van der Waals surface area contributed by atoms with Crippen molar-refractivity contribution >= 4 is 22.6 Å². The van der Waals surface area contributed by atoms with Crippen LogP contribution in [0.4, 0.5) is 14.5 Å². The lowest BCUT2D eigenvalue weighted by molar-refractivity contribution is -0.0493. The lowest BCUT2D eigenvalue weighted by Crippen LogP contribution is -2.15. The number of benzene rings is 1. The van der Waals surface area contributed by atoms with Crippen LogP contribution in [0.2, 0.25) is 0 Å². The van der Waals surface area contributed by atoms with Crippen molar-refractivity contribution in [3.8, 4) is 5.75 Å². The summed E-state index contributed by atoms with van der Waals surface area (Å²) in [5, 5.41) is 7.71. The van der Waals surface area contributed by atoms with E-state index < -0.39 is 12.5 Å². The second-order valence-corrected chi connectivity index (χ2v) is 6.61. The smallest absolute Gasteiger partial charge is 0.387 e. The molecule has 1 saturated carbocycles. The number of anilines is 1. The van der Waals surface area contributed by atoms with Gasteiger partial charge in [-0.05, 0) is 38.0 Å². The molecule has 0 atom stereocenters. The Balaban J connectivity index is 1.75. The van der Waals surface area contributed by atoms with E-state index in [4.69, 9.17) is 0 Å². The number of amides is 1. The van der Waals surface area contributed by atoms with Crippen LogP contribution in [0.25, 0.3) is 11.0 Å². The summed E-state index contributed by atoms with van der Waals surface area (Å²) in [6.07, 6.45) is 2.09. The van der Waals surface area contributed by atoms with Gasteiger partial charge < -0.3 is 10.1 Å². The number of para-hydroxylation sites is 2. The Kier molecular flexibility index (Phi) is 4.25. The van der Waals surface area contributed by atoms with Gasteiger partial charge in [-0.3, -0.25) is 9.48 Å². The van der Waals surface area contributed by atoms with E-state index in [0.717, 1.165) is 18.5 Å². The number of hydrogen-bond acceptors (Lipinski definition) is 4. The maximum absolute atomic E-state index is 13.0. The highest BCUT2D eigenvalue weighted by molar-refractivity contribution is 6.13. The van der Waals surface area contributed by atoms with Crippen LogP contribution in [0, 0.1) is 6.92 Å². The summed E-state index contributed by atoms with van der Waals surface area (Å²) in [7, 11) is 1.78. The fourth-order valence-electron chi connectivity index (χ4n) is 3.19. The van der Waals surface area contributed by atoms with Gasteiger partial charge in [-0.2, -0.15) is 13.9 Å². The van der Waals surface area contributed by atoms with Crippen LogP contribution < -0.4 is 10.1 Å². The number of fused-ring (bicyclic) bond motifs is 1. The van der Waals surface area contributed by atoms with Crippen molar-refractivity contribution in [3.63, 3.8) is 0 Å². The molecule has 8 heteroatoms. The van der Waals surface area contributed by atoms with Crippen LogP contribution in [0.1, 0.15) is 40.5 Å². The van der Waals surface area contributed by atoms with Crippen molar-refractivity contribution < 1.29 is 18.3 Å². The fourth-order valence-corrected chi connectivity index (χ4v) is 3.19. The minimum atomic E-state index is -2.97. The highest BCUT2D eigenvalue weighted by Crippen LogP contribution is 2.40. The zero-order valence-electron chi connectivity index (χ0n) is 14.9. The molecule has 0 spiro atoms. The number of pyridine rings is 1. The molecule has 0 bridgehead atoms. The minimum Gasteiger partial charge on any atom is -0.433 e. The number of carbonyl (C=O) groups is 1. The Morgan fingerprint density at radius 3 is 2.78 bits per heavy atom. The van der Waals surface area contributed by atoms with E-state index in [1.165, 1.54) is 12.1 Å². The molecule has 140 valence electrons. The molecule has 6 nitrogen and oxygen atoms in total. The van der Waals surface area contributed by atoms with E-state index in [1.807, 2.05) is 6.92 Å². The number of rotatable bonds is 5. The number of alkyl halides is 2. The largest absolute Gasteiger partial charge is 0.433 e. The van der Waals surface area contributed by atoms with Gasteiger partial charge in [-0.25, -0.2) is 4.98 Å². The molecule has 0 unspecified atom stereocenters. The van der Waals surface area contributed by atoms with E-state index in [1.54, 1.807) is 29.9 Å². The van der Waals surface area contributed by atoms with Crippen molar-refractivity contribution in [2.45, 2.75) is 32.3 Å². The van der Waals surface area contributed by atoms with Crippen LogP contribution in [0.5, 0.6) is 5.75 Å². The van der Waals surface area contributed by atoms with Gasteiger partial charge in [0.25, 0.3) is 5.91 Å². The van der Waals surface area contributed by atoms with Crippen molar-refractivity contribution in [1.82, 2.24) is 14.8 Å². The third-order valence-electron chi connectivity index (χ3n) is 4.58. The first-order chi connectivity index (χ1) is 12.9. The Bertz CT molecular complexity index is 1030. The maximum atomic E-state index is 13.0. The zero-order chi connectivity index (χ0) is 19.1. The van der Waals surface area contributed by atoms with E-state index in [-0.39, 0.29) is 11.4 Å². The molecule has 0 saturated heterocycles. The Labute approximate surface area is 154 Å². The first-order valence-electron chi connectivity index (χ1n) is 8.63. The van der Waals surface area contributed by atoms with Gasteiger partial charge in [0.1, 0.15) is 5.75 Å². The maximum Gasteiger partial charge on any atom is 0.387 e. The van der Waals surface area contributed by atoms with Crippen LogP contribution in [-0.2, 0) is 7.05 Å². The second-order valence-electron chi connectivity index (χ2n) is 6.61. The van der Waals surface area contributed by atoms with Crippen molar-refractivity contribution in [2.75, 3.05) is 5.32 Å². The summed E-state index contributed by atoms with van der Waals surface area (Å²) in [4.78, 5) is 17.7. The molecule has 2 heterocycles. The predicted molar refractivity (Wildman–Crippen MR) is 96.2 cm³/mol. The van der Waals surface area contributed by atoms with E-state index in [0.29, 0.717) is 28.2 Å². The monoisotopic (exact) mass is 372 g/mol. The predicted octanol–water partition coefficient (Wildman–Crippen LogP) is 4.01. The molecular formula is C19H18F2N4O2. The molecule has 1 fully saturated rings. The highest BCUT2D eigenvalue weighted by atomic mass is 19.3. The molecule has 0 radical (unpaired) electrons. The summed E-state index contributed by atoms with van der Waals surface area (Å²) in [5.74, 6) is -0.146. The summed E-state index contributed by atoms with van der Waals surface area (Å²) >= 11 is 0. The molecule has 1 aliphatic rings. The number of halogens is 2. The van der Waals surface area contributed by atoms with E-state index in [2.05, 4.69) is 20.1 Å². The van der Waals surface area contributed by atoms with Crippen molar-refractivity contribution in [1.29, 1.82) is 0 Å². The average molecular weight is 372 g/mol. The fraction of sp³-hybridized carbons (Fsp3) is 0.316. The molecule has 4 rings (SSSR count). The lowest BCUT2D eigenvalue weighted by atomic mass is 10.1. The van der Waals surface area contributed by atoms with Gasteiger partial charge in [0.15, 0.2) is 5.65 Å². The standard InChI is InChI=1S/C19H18F2N4O2/c1-10-16-12(9-14(11-7-8-11)22-17(16)25(2)24-10)18(26)23-13-5-3-4-6-15(13)27-19(20)21/h3-6,9,11,19H,7-8H2,1-2H3,(H,23,26). The average Bonchev–Trinajstić information content (AvgIpc) is 3.42. The Morgan fingerprint density at radius 2 is 2.07 bits per heavy atom. The van der Waals surface area contributed by atoms with Gasteiger partial charge in [0, 0.05) is 18.7 Å². The van der Waals surface area contributed by atoms with Gasteiger partial charge in [-0.15, -0.1) is 0 Å². The lowest BCUT2D eigenvalue weighted by Gasteiger charge is -2.13. The summed E-state index contributed by atoms with van der Waals surface area (Å²) in [5.41, 5.74) is 2.79. The molecule has 2 aromatic heterocycles. The number of aryl methyl sites for hydroxylation is 2. The number of ether oxygens (including phenoxy) is 1. The van der Waals surface area contributed by atoms with Crippen LogP contribution >= 0.6 is 0 Å². The first-order valence-corrected chi connectivity index (χ1v) is 8.63. The van der Waals surface area contributed by atoms with Crippen molar-refractivity contribution in [3.05, 3.63) is 47.3 Å². The normalized spacial score (nSPS) is 14.0. The van der Waals surface area contributed by atoms with Crippen molar-refractivity contribution in [2.24, 2.45) is 7.05 Å². The second kappa shape index (κ2) is 6.61. The molecule has 1 N–H and O–H groups in total. The van der Waals surface area contributed by atoms with Gasteiger partial charge in [0.2, 0.25) is 0 Å². The van der Waals surface area contributed by atoms with Gasteiger partial charge in [-0.1, -0.05) is 12.1 Å².